The van der Waals surface area contributed by atoms with Gasteiger partial charge in [-0.15, -0.1) is 0 Å². The van der Waals surface area contributed by atoms with E-state index in [-0.39, 0.29) is 0 Å². The van der Waals surface area contributed by atoms with Crippen LogP contribution in [0.25, 0.3) is 28.0 Å². The summed E-state index contributed by atoms with van der Waals surface area (Å²) in [5.74, 6) is 0. The summed E-state index contributed by atoms with van der Waals surface area (Å²) in [7, 11) is 0. The second-order valence-corrected chi connectivity index (χ2v) is 6.27. The molecule has 124 valence electrons. The van der Waals surface area contributed by atoms with Crippen molar-refractivity contribution in [3.8, 4) is 22.4 Å². The molecule has 0 bridgehead atoms. The smallest absolute Gasteiger partial charge is 0.140 e. The third-order valence-electron chi connectivity index (χ3n) is 4.59. The fourth-order valence-electron chi connectivity index (χ4n) is 3.31. The highest BCUT2D eigenvalue weighted by Crippen LogP contribution is 2.28. The third-order valence-corrected chi connectivity index (χ3v) is 4.59. The SMILES string of the molecule is Cc1cccn2c(CCN)c(-c3ccc(-c4ccccc4)cc3)nc12. The van der Waals surface area contributed by atoms with E-state index >= 15 is 0 Å². The molecule has 0 unspecified atom stereocenters. The van der Waals surface area contributed by atoms with Gasteiger partial charge in [0, 0.05) is 18.2 Å². The van der Waals surface area contributed by atoms with Gasteiger partial charge in [-0.3, -0.25) is 0 Å². The molecule has 0 aliphatic carbocycles. The predicted molar refractivity (Wildman–Crippen MR) is 104 cm³/mol. The summed E-state index contributed by atoms with van der Waals surface area (Å²) in [6.45, 7) is 2.70. The van der Waals surface area contributed by atoms with Gasteiger partial charge in [0.15, 0.2) is 0 Å². The van der Waals surface area contributed by atoms with E-state index in [2.05, 4.69) is 78.2 Å². The van der Waals surface area contributed by atoms with Crippen molar-refractivity contribution in [2.24, 2.45) is 5.73 Å². The van der Waals surface area contributed by atoms with E-state index in [1.807, 2.05) is 6.07 Å². The minimum absolute atomic E-state index is 0.608. The Balaban J connectivity index is 1.81. The zero-order chi connectivity index (χ0) is 17.2. The molecule has 0 atom stereocenters. The Kier molecular flexibility index (Phi) is 4.08. The van der Waals surface area contributed by atoms with Crippen molar-refractivity contribution in [1.29, 1.82) is 0 Å². The number of hydrogen-bond acceptors (Lipinski definition) is 2. The number of aryl methyl sites for hydroxylation is 1. The number of rotatable bonds is 4. The monoisotopic (exact) mass is 327 g/mol. The topological polar surface area (TPSA) is 43.3 Å². The van der Waals surface area contributed by atoms with Gasteiger partial charge in [-0.2, -0.15) is 0 Å². The van der Waals surface area contributed by atoms with E-state index in [0.717, 1.165) is 23.3 Å². The molecule has 2 N–H and O–H groups in total. The molecule has 0 amide bonds. The van der Waals surface area contributed by atoms with Crippen LogP contribution in [0.15, 0.2) is 72.9 Å². The fourth-order valence-corrected chi connectivity index (χ4v) is 3.31. The molecule has 3 nitrogen and oxygen atoms in total. The van der Waals surface area contributed by atoms with Crippen molar-refractivity contribution in [3.63, 3.8) is 0 Å². The zero-order valence-corrected chi connectivity index (χ0v) is 14.3. The summed E-state index contributed by atoms with van der Waals surface area (Å²) >= 11 is 0. The molecule has 2 heterocycles. The molecule has 0 saturated heterocycles. The maximum atomic E-state index is 5.85. The Morgan fingerprint density at radius 3 is 2.24 bits per heavy atom. The zero-order valence-electron chi connectivity index (χ0n) is 14.3. The van der Waals surface area contributed by atoms with Gasteiger partial charge in [0.05, 0.1) is 11.4 Å². The molecule has 4 aromatic rings. The van der Waals surface area contributed by atoms with Gasteiger partial charge in [0.1, 0.15) is 5.65 Å². The van der Waals surface area contributed by atoms with E-state index in [0.29, 0.717) is 6.54 Å². The lowest BCUT2D eigenvalue weighted by Gasteiger charge is -2.06. The van der Waals surface area contributed by atoms with Gasteiger partial charge in [-0.25, -0.2) is 4.98 Å². The lowest BCUT2D eigenvalue weighted by atomic mass is 10.0. The normalized spacial score (nSPS) is 11.1. The van der Waals surface area contributed by atoms with Crippen LogP contribution in [-0.4, -0.2) is 15.9 Å². The van der Waals surface area contributed by atoms with E-state index < -0.39 is 0 Å². The second kappa shape index (κ2) is 6.54. The van der Waals surface area contributed by atoms with Crippen molar-refractivity contribution in [2.75, 3.05) is 6.54 Å². The number of nitrogens with two attached hydrogens (primary N) is 1. The van der Waals surface area contributed by atoms with E-state index in [1.54, 1.807) is 0 Å². The molecule has 4 rings (SSSR count). The van der Waals surface area contributed by atoms with Crippen LogP contribution in [0.1, 0.15) is 11.3 Å². The minimum atomic E-state index is 0.608. The van der Waals surface area contributed by atoms with Gasteiger partial charge < -0.3 is 10.1 Å². The lowest BCUT2D eigenvalue weighted by molar-refractivity contribution is 0.906. The first-order valence-electron chi connectivity index (χ1n) is 8.60. The molecule has 0 saturated carbocycles. The highest BCUT2D eigenvalue weighted by atomic mass is 15.0. The van der Waals surface area contributed by atoms with E-state index in [4.69, 9.17) is 10.7 Å². The number of aromatic nitrogens is 2. The maximum Gasteiger partial charge on any atom is 0.140 e. The summed E-state index contributed by atoms with van der Waals surface area (Å²) in [5.41, 5.74) is 13.8. The number of imidazole rings is 1. The molecule has 0 aliphatic rings. The summed E-state index contributed by atoms with van der Waals surface area (Å²) < 4.78 is 2.17. The highest BCUT2D eigenvalue weighted by molar-refractivity contribution is 5.72. The lowest BCUT2D eigenvalue weighted by Crippen LogP contribution is -2.06. The summed E-state index contributed by atoms with van der Waals surface area (Å²) in [6.07, 6.45) is 2.88. The van der Waals surface area contributed by atoms with Gasteiger partial charge >= 0.3 is 0 Å². The Labute approximate surface area is 147 Å². The first kappa shape index (κ1) is 15.6. The first-order valence-corrected chi connectivity index (χ1v) is 8.60. The first-order chi connectivity index (χ1) is 12.3. The molecular weight excluding hydrogens is 306 g/mol. The molecule has 25 heavy (non-hydrogen) atoms. The van der Waals surface area contributed by atoms with Crippen molar-refractivity contribution >= 4 is 5.65 Å². The highest BCUT2D eigenvalue weighted by Gasteiger charge is 2.14. The molecule has 0 fully saturated rings. The van der Waals surface area contributed by atoms with Crippen LogP contribution in [0.2, 0.25) is 0 Å². The average Bonchev–Trinajstić information content (AvgIpc) is 3.03. The molecule has 2 aromatic heterocycles. The van der Waals surface area contributed by atoms with Crippen LogP contribution in [0.3, 0.4) is 0 Å². The minimum Gasteiger partial charge on any atom is -0.330 e. The fraction of sp³-hybridized carbons (Fsp3) is 0.136. The van der Waals surface area contributed by atoms with Gasteiger partial charge in [-0.05, 0) is 36.2 Å². The number of fused-ring (bicyclic) bond motifs is 1. The molecular formula is C22H21N3. The standard InChI is InChI=1S/C22H21N3/c1-16-6-5-15-25-20(13-14-23)21(24-22(16)25)19-11-9-18(10-12-19)17-7-3-2-4-8-17/h2-12,15H,13-14,23H2,1H3. The third kappa shape index (κ3) is 2.83. The Bertz CT molecular complexity index is 999. The predicted octanol–water partition coefficient (Wildman–Crippen LogP) is 4.48. The van der Waals surface area contributed by atoms with Gasteiger partial charge in [0.2, 0.25) is 0 Å². The summed E-state index contributed by atoms with van der Waals surface area (Å²) in [5, 5.41) is 0. The average molecular weight is 327 g/mol. The number of pyridine rings is 1. The van der Waals surface area contributed by atoms with Crippen molar-refractivity contribution in [3.05, 3.63) is 84.2 Å². The van der Waals surface area contributed by atoms with E-state index in [1.165, 1.54) is 22.4 Å². The van der Waals surface area contributed by atoms with Crippen LogP contribution in [0.5, 0.6) is 0 Å². The van der Waals surface area contributed by atoms with Crippen LogP contribution in [-0.2, 0) is 6.42 Å². The summed E-state index contributed by atoms with van der Waals surface area (Å²) in [4.78, 5) is 4.91. The number of nitrogens with zero attached hydrogens (tertiary/aromatic N) is 2. The second-order valence-electron chi connectivity index (χ2n) is 6.27. The van der Waals surface area contributed by atoms with Crippen LogP contribution in [0, 0.1) is 6.92 Å². The number of benzene rings is 2. The van der Waals surface area contributed by atoms with Gasteiger partial charge in [0.25, 0.3) is 0 Å². The van der Waals surface area contributed by atoms with Crippen molar-refractivity contribution < 1.29 is 0 Å². The number of hydrogen-bond donors (Lipinski definition) is 1. The quantitative estimate of drug-likeness (QED) is 0.600. The maximum absolute atomic E-state index is 5.85. The van der Waals surface area contributed by atoms with E-state index in [9.17, 15) is 0 Å². The molecule has 0 spiro atoms. The Morgan fingerprint density at radius 1 is 0.840 bits per heavy atom. The molecule has 0 radical (unpaired) electrons. The van der Waals surface area contributed by atoms with Crippen LogP contribution >= 0.6 is 0 Å². The summed E-state index contributed by atoms with van der Waals surface area (Å²) in [6, 6.07) is 23.2. The largest absolute Gasteiger partial charge is 0.330 e. The van der Waals surface area contributed by atoms with Crippen molar-refractivity contribution in [2.45, 2.75) is 13.3 Å². The van der Waals surface area contributed by atoms with Crippen molar-refractivity contribution in [1.82, 2.24) is 9.38 Å². The molecule has 0 aliphatic heterocycles. The van der Waals surface area contributed by atoms with Gasteiger partial charge in [-0.1, -0.05) is 60.7 Å². The molecule has 2 aromatic carbocycles. The molecule has 3 heteroatoms. The van der Waals surface area contributed by atoms with Crippen LogP contribution < -0.4 is 5.73 Å². The Hall–Kier alpha value is -2.91. The Morgan fingerprint density at radius 2 is 1.52 bits per heavy atom. The van der Waals surface area contributed by atoms with Crippen LogP contribution in [0.4, 0.5) is 0 Å².